The number of rotatable bonds is 8. The summed E-state index contributed by atoms with van der Waals surface area (Å²) in [5.74, 6) is 1.96. The summed E-state index contributed by atoms with van der Waals surface area (Å²) >= 11 is 0. The number of anilines is 1. The van der Waals surface area contributed by atoms with Crippen molar-refractivity contribution in [2.24, 2.45) is 0 Å². The molecule has 0 fully saturated rings. The molecule has 134 valence electrons. The van der Waals surface area contributed by atoms with E-state index in [-0.39, 0.29) is 12.0 Å². The Bertz CT molecular complexity index is 713. The monoisotopic (exact) mass is 343 g/mol. The average Bonchev–Trinajstić information content (AvgIpc) is 2.61. The van der Waals surface area contributed by atoms with Crippen LogP contribution in [0.1, 0.15) is 25.8 Å². The van der Waals surface area contributed by atoms with Crippen LogP contribution in [0.25, 0.3) is 0 Å². The fourth-order valence-electron chi connectivity index (χ4n) is 2.43. The summed E-state index contributed by atoms with van der Waals surface area (Å²) in [4.78, 5) is 12.3. The molecule has 0 saturated heterocycles. The maximum absolute atomic E-state index is 12.3. The number of nitrogens with one attached hydrogen (secondary N) is 1. The van der Waals surface area contributed by atoms with Gasteiger partial charge in [-0.05, 0) is 50.1 Å². The highest BCUT2D eigenvalue weighted by Gasteiger charge is 2.10. The lowest BCUT2D eigenvalue weighted by molar-refractivity contribution is -0.116. The van der Waals surface area contributed by atoms with Crippen molar-refractivity contribution in [2.45, 2.75) is 32.8 Å². The molecule has 1 amide bonds. The van der Waals surface area contributed by atoms with Crippen molar-refractivity contribution in [3.8, 4) is 17.2 Å². The SMILES string of the molecule is COc1ccc(CCC(=O)Nc2ccccc2OC(C)C)cc1OC. The van der Waals surface area contributed by atoms with Crippen LogP contribution in [0, 0.1) is 0 Å². The van der Waals surface area contributed by atoms with Gasteiger partial charge in [-0.1, -0.05) is 18.2 Å². The largest absolute Gasteiger partial charge is 0.493 e. The summed E-state index contributed by atoms with van der Waals surface area (Å²) in [5.41, 5.74) is 1.70. The molecule has 0 saturated carbocycles. The zero-order valence-electron chi connectivity index (χ0n) is 15.2. The fraction of sp³-hybridized carbons (Fsp3) is 0.350. The molecule has 5 nitrogen and oxygen atoms in total. The second-order valence-corrected chi connectivity index (χ2v) is 5.90. The Labute approximate surface area is 148 Å². The van der Waals surface area contributed by atoms with Crippen LogP contribution >= 0.6 is 0 Å². The third-order valence-corrected chi connectivity index (χ3v) is 3.61. The smallest absolute Gasteiger partial charge is 0.224 e. The molecule has 0 bridgehead atoms. The third kappa shape index (κ3) is 5.41. The van der Waals surface area contributed by atoms with Crippen LogP contribution in [-0.2, 0) is 11.2 Å². The van der Waals surface area contributed by atoms with E-state index in [2.05, 4.69) is 5.32 Å². The number of benzene rings is 2. The van der Waals surface area contributed by atoms with Crippen molar-refractivity contribution >= 4 is 11.6 Å². The van der Waals surface area contributed by atoms with E-state index < -0.39 is 0 Å². The summed E-state index contributed by atoms with van der Waals surface area (Å²) < 4.78 is 16.2. The van der Waals surface area contributed by atoms with E-state index in [1.165, 1.54) is 0 Å². The van der Waals surface area contributed by atoms with E-state index in [0.29, 0.717) is 35.8 Å². The molecule has 0 atom stereocenters. The molecule has 0 heterocycles. The minimum absolute atomic E-state index is 0.0461. The lowest BCUT2D eigenvalue weighted by atomic mass is 10.1. The molecule has 0 unspecified atom stereocenters. The summed E-state index contributed by atoms with van der Waals surface area (Å²) in [6.45, 7) is 3.91. The third-order valence-electron chi connectivity index (χ3n) is 3.61. The van der Waals surface area contributed by atoms with Gasteiger partial charge in [0.25, 0.3) is 0 Å². The first-order valence-electron chi connectivity index (χ1n) is 8.30. The Morgan fingerprint density at radius 1 is 1.00 bits per heavy atom. The van der Waals surface area contributed by atoms with Crippen LogP contribution in [0.15, 0.2) is 42.5 Å². The van der Waals surface area contributed by atoms with Gasteiger partial charge < -0.3 is 19.5 Å². The van der Waals surface area contributed by atoms with Gasteiger partial charge in [0, 0.05) is 6.42 Å². The zero-order valence-corrected chi connectivity index (χ0v) is 15.2. The number of para-hydroxylation sites is 2. The van der Waals surface area contributed by atoms with Gasteiger partial charge in [0.1, 0.15) is 5.75 Å². The standard InChI is InChI=1S/C20H25NO4/c1-14(2)25-17-8-6-5-7-16(17)21-20(22)12-10-15-9-11-18(23-3)19(13-15)24-4/h5-9,11,13-14H,10,12H2,1-4H3,(H,21,22). The molecule has 0 aliphatic heterocycles. The average molecular weight is 343 g/mol. The molecular formula is C20H25NO4. The Balaban J connectivity index is 1.97. The summed E-state index contributed by atoms with van der Waals surface area (Å²) in [5, 5.41) is 2.92. The Morgan fingerprint density at radius 3 is 2.40 bits per heavy atom. The van der Waals surface area contributed by atoms with E-state index in [1.807, 2.05) is 56.3 Å². The van der Waals surface area contributed by atoms with Crippen molar-refractivity contribution in [1.82, 2.24) is 0 Å². The van der Waals surface area contributed by atoms with E-state index in [0.717, 1.165) is 5.56 Å². The summed E-state index contributed by atoms with van der Waals surface area (Å²) in [6.07, 6.45) is 1.02. The maximum Gasteiger partial charge on any atom is 0.224 e. The minimum atomic E-state index is -0.0606. The number of hydrogen-bond acceptors (Lipinski definition) is 4. The van der Waals surface area contributed by atoms with Crippen LogP contribution in [0.3, 0.4) is 0 Å². The lowest BCUT2D eigenvalue weighted by Crippen LogP contribution is -2.14. The highest BCUT2D eigenvalue weighted by atomic mass is 16.5. The number of hydrogen-bond donors (Lipinski definition) is 1. The van der Waals surface area contributed by atoms with Gasteiger partial charge in [0.15, 0.2) is 11.5 Å². The van der Waals surface area contributed by atoms with Crippen molar-refractivity contribution in [1.29, 1.82) is 0 Å². The highest BCUT2D eigenvalue weighted by Crippen LogP contribution is 2.28. The van der Waals surface area contributed by atoms with Gasteiger partial charge in [-0.3, -0.25) is 4.79 Å². The molecule has 0 radical (unpaired) electrons. The Kier molecular flexibility index (Phi) is 6.69. The van der Waals surface area contributed by atoms with Crippen LogP contribution in [0.4, 0.5) is 5.69 Å². The first kappa shape index (κ1) is 18.6. The van der Waals surface area contributed by atoms with E-state index >= 15 is 0 Å². The molecule has 1 N–H and O–H groups in total. The van der Waals surface area contributed by atoms with Gasteiger partial charge in [-0.25, -0.2) is 0 Å². The molecule has 0 aliphatic carbocycles. The van der Waals surface area contributed by atoms with Gasteiger partial charge >= 0.3 is 0 Å². The van der Waals surface area contributed by atoms with Crippen LogP contribution < -0.4 is 19.5 Å². The summed E-state index contributed by atoms with van der Waals surface area (Å²) in [6, 6.07) is 13.1. The first-order valence-corrected chi connectivity index (χ1v) is 8.30. The Morgan fingerprint density at radius 2 is 1.72 bits per heavy atom. The molecule has 0 aliphatic rings. The Hall–Kier alpha value is -2.69. The van der Waals surface area contributed by atoms with E-state index in [9.17, 15) is 4.79 Å². The molecule has 2 aromatic carbocycles. The topological polar surface area (TPSA) is 56.8 Å². The molecule has 2 rings (SSSR count). The normalized spacial score (nSPS) is 10.4. The number of aryl methyl sites for hydroxylation is 1. The molecule has 0 spiro atoms. The second-order valence-electron chi connectivity index (χ2n) is 5.90. The van der Waals surface area contributed by atoms with Crippen molar-refractivity contribution in [2.75, 3.05) is 19.5 Å². The number of carbonyl (C=O) groups excluding carboxylic acids is 1. The fourth-order valence-corrected chi connectivity index (χ4v) is 2.43. The van der Waals surface area contributed by atoms with E-state index in [4.69, 9.17) is 14.2 Å². The van der Waals surface area contributed by atoms with Crippen LogP contribution in [-0.4, -0.2) is 26.2 Å². The number of carbonyl (C=O) groups is 1. The van der Waals surface area contributed by atoms with E-state index in [1.54, 1.807) is 14.2 Å². The van der Waals surface area contributed by atoms with Gasteiger partial charge in [0.05, 0.1) is 26.0 Å². The quantitative estimate of drug-likeness (QED) is 0.785. The molecule has 0 aromatic heterocycles. The van der Waals surface area contributed by atoms with Crippen LogP contribution in [0.2, 0.25) is 0 Å². The van der Waals surface area contributed by atoms with Gasteiger partial charge in [-0.2, -0.15) is 0 Å². The second kappa shape index (κ2) is 8.97. The predicted octanol–water partition coefficient (Wildman–Crippen LogP) is 4.06. The number of ether oxygens (including phenoxy) is 3. The molecule has 25 heavy (non-hydrogen) atoms. The van der Waals surface area contributed by atoms with Gasteiger partial charge in [0.2, 0.25) is 5.91 Å². The predicted molar refractivity (Wildman–Crippen MR) is 98.7 cm³/mol. The van der Waals surface area contributed by atoms with Gasteiger partial charge in [-0.15, -0.1) is 0 Å². The molecule has 2 aromatic rings. The molecular weight excluding hydrogens is 318 g/mol. The van der Waals surface area contributed by atoms with Crippen molar-refractivity contribution in [3.63, 3.8) is 0 Å². The van der Waals surface area contributed by atoms with Crippen LogP contribution in [0.5, 0.6) is 17.2 Å². The maximum atomic E-state index is 12.3. The number of amides is 1. The van der Waals surface area contributed by atoms with Crippen molar-refractivity contribution < 1.29 is 19.0 Å². The first-order chi connectivity index (χ1) is 12.0. The zero-order chi connectivity index (χ0) is 18.2. The minimum Gasteiger partial charge on any atom is -0.493 e. The van der Waals surface area contributed by atoms with Crippen molar-refractivity contribution in [3.05, 3.63) is 48.0 Å². The summed E-state index contributed by atoms with van der Waals surface area (Å²) in [7, 11) is 3.20. The lowest BCUT2D eigenvalue weighted by Gasteiger charge is -2.15. The molecule has 5 heteroatoms. The number of methoxy groups -OCH3 is 2. The highest BCUT2D eigenvalue weighted by molar-refractivity contribution is 5.92.